The van der Waals surface area contributed by atoms with Gasteiger partial charge in [-0.1, -0.05) is 31.4 Å². The Balaban J connectivity index is 1.94. The summed E-state index contributed by atoms with van der Waals surface area (Å²) in [6.45, 7) is 2.60. The van der Waals surface area contributed by atoms with E-state index < -0.39 is 5.60 Å². The summed E-state index contributed by atoms with van der Waals surface area (Å²) in [5.41, 5.74) is 0.672. The van der Waals surface area contributed by atoms with Crippen molar-refractivity contribution in [3.8, 4) is 5.75 Å². The van der Waals surface area contributed by atoms with Crippen LogP contribution in [0.1, 0.15) is 51.0 Å². The molecule has 116 valence electrons. The molecule has 21 heavy (non-hydrogen) atoms. The minimum Gasteiger partial charge on any atom is -0.497 e. The average molecular weight is 290 g/mol. The fourth-order valence-corrected chi connectivity index (χ4v) is 3.18. The van der Waals surface area contributed by atoms with E-state index in [-0.39, 0.29) is 5.78 Å². The van der Waals surface area contributed by atoms with Crippen LogP contribution in [0.25, 0.3) is 0 Å². The smallest absolute Gasteiger partial charge is 0.164 e. The number of carbonyl (C=O) groups is 1. The second-order valence-electron chi connectivity index (χ2n) is 5.76. The molecule has 1 aliphatic carbocycles. The minimum absolute atomic E-state index is 0.278. The van der Waals surface area contributed by atoms with Gasteiger partial charge in [-0.15, -0.1) is 0 Å². The molecule has 0 N–H and O–H groups in total. The Bertz CT molecular complexity index is 439. The summed E-state index contributed by atoms with van der Waals surface area (Å²) >= 11 is 0. The molecule has 0 unspecified atom stereocenters. The predicted octanol–water partition coefficient (Wildman–Crippen LogP) is 3.94. The highest BCUT2D eigenvalue weighted by atomic mass is 16.5. The van der Waals surface area contributed by atoms with E-state index >= 15 is 0 Å². The second-order valence-corrected chi connectivity index (χ2v) is 5.76. The van der Waals surface area contributed by atoms with Crippen molar-refractivity contribution in [2.45, 2.75) is 57.5 Å². The summed E-state index contributed by atoms with van der Waals surface area (Å²) in [4.78, 5) is 12.7. The molecule has 2 rings (SSSR count). The van der Waals surface area contributed by atoms with E-state index in [2.05, 4.69) is 0 Å². The summed E-state index contributed by atoms with van der Waals surface area (Å²) in [6, 6.07) is 7.94. The van der Waals surface area contributed by atoms with Gasteiger partial charge in [-0.05, 0) is 43.9 Å². The number of carbonyl (C=O) groups excluding carboxylic acids is 1. The van der Waals surface area contributed by atoms with Crippen LogP contribution in [-0.4, -0.2) is 25.1 Å². The fourth-order valence-electron chi connectivity index (χ4n) is 3.18. The maximum absolute atomic E-state index is 12.7. The quantitative estimate of drug-likeness (QED) is 0.763. The SMILES string of the molecule is CCOC1(C(=O)CCc2ccc(OC)cc2)CCCCC1. The highest BCUT2D eigenvalue weighted by Crippen LogP contribution is 2.33. The molecule has 0 saturated heterocycles. The van der Waals surface area contributed by atoms with Gasteiger partial charge in [-0.2, -0.15) is 0 Å². The van der Waals surface area contributed by atoms with Crippen molar-refractivity contribution < 1.29 is 14.3 Å². The molecule has 0 heterocycles. The highest BCUT2D eigenvalue weighted by Gasteiger charge is 2.39. The third-order valence-corrected chi connectivity index (χ3v) is 4.39. The van der Waals surface area contributed by atoms with Gasteiger partial charge in [-0.3, -0.25) is 4.79 Å². The third-order valence-electron chi connectivity index (χ3n) is 4.39. The van der Waals surface area contributed by atoms with Crippen LogP contribution in [0.4, 0.5) is 0 Å². The van der Waals surface area contributed by atoms with Crippen LogP contribution in [0.15, 0.2) is 24.3 Å². The van der Waals surface area contributed by atoms with Crippen LogP contribution in [0.2, 0.25) is 0 Å². The number of Topliss-reactive ketones (excluding diaryl/α,β-unsaturated/α-hetero) is 1. The number of rotatable bonds is 7. The number of ketones is 1. The lowest BCUT2D eigenvalue weighted by Gasteiger charge is -2.35. The van der Waals surface area contributed by atoms with E-state index in [1.54, 1.807) is 7.11 Å². The number of ether oxygens (including phenoxy) is 2. The summed E-state index contributed by atoms with van der Waals surface area (Å²) in [5.74, 6) is 1.13. The molecular weight excluding hydrogens is 264 g/mol. The van der Waals surface area contributed by atoms with Crippen molar-refractivity contribution in [1.82, 2.24) is 0 Å². The molecule has 1 aromatic rings. The predicted molar refractivity (Wildman–Crippen MR) is 83.8 cm³/mol. The summed E-state index contributed by atoms with van der Waals surface area (Å²) < 4.78 is 11.0. The van der Waals surface area contributed by atoms with Gasteiger partial charge in [-0.25, -0.2) is 0 Å². The summed E-state index contributed by atoms with van der Waals surface area (Å²) in [5, 5.41) is 0. The van der Waals surface area contributed by atoms with Gasteiger partial charge < -0.3 is 9.47 Å². The van der Waals surface area contributed by atoms with E-state index in [4.69, 9.17) is 9.47 Å². The average Bonchev–Trinajstić information content (AvgIpc) is 2.54. The maximum Gasteiger partial charge on any atom is 0.164 e. The zero-order valence-corrected chi connectivity index (χ0v) is 13.2. The zero-order valence-electron chi connectivity index (χ0n) is 13.2. The fraction of sp³-hybridized carbons (Fsp3) is 0.611. The molecule has 0 atom stereocenters. The maximum atomic E-state index is 12.7. The first-order valence-corrected chi connectivity index (χ1v) is 8.00. The van der Waals surface area contributed by atoms with Crippen molar-refractivity contribution in [1.29, 1.82) is 0 Å². The summed E-state index contributed by atoms with van der Waals surface area (Å²) in [6.07, 6.45) is 6.55. The van der Waals surface area contributed by atoms with Crippen molar-refractivity contribution in [2.75, 3.05) is 13.7 Å². The monoisotopic (exact) mass is 290 g/mol. The Kier molecular flexibility index (Phi) is 5.80. The van der Waals surface area contributed by atoms with Crippen molar-refractivity contribution in [3.05, 3.63) is 29.8 Å². The van der Waals surface area contributed by atoms with Gasteiger partial charge in [0.1, 0.15) is 11.4 Å². The Labute approximate surface area is 127 Å². The standard InChI is InChI=1S/C18H26O3/c1-3-21-18(13-5-4-6-14-18)17(19)12-9-15-7-10-16(20-2)11-8-15/h7-8,10-11H,3-6,9,12-14H2,1-2H3. The lowest BCUT2D eigenvalue weighted by Crippen LogP contribution is -2.43. The molecule has 0 aromatic heterocycles. The lowest BCUT2D eigenvalue weighted by atomic mass is 9.80. The van der Waals surface area contributed by atoms with Crippen molar-refractivity contribution in [3.63, 3.8) is 0 Å². The molecule has 1 aromatic carbocycles. The van der Waals surface area contributed by atoms with Gasteiger partial charge in [0.2, 0.25) is 0 Å². The Hall–Kier alpha value is -1.35. The number of benzene rings is 1. The van der Waals surface area contributed by atoms with Crippen molar-refractivity contribution in [2.24, 2.45) is 0 Å². The molecule has 3 nitrogen and oxygen atoms in total. The lowest BCUT2D eigenvalue weighted by molar-refractivity contribution is -0.149. The van der Waals surface area contributed by atoms with Crippen LogP contribution in [0.3, 0.4) is 0 Å². The first kappa shape index (κ1) is 16.0. The topological polar surface area (TPSA) is 35.5 Å². The van der Waals surface area contributed by atoms with E-state index in [1.807, 2.05) is 31.2 Å². The van der Waals surface area contributed by atoms with Gasteiger partial charge in [0, 0.05) is 13.0 Å². The molecular formula is C18H26O3. The summed E-state index contributed by atoms with van der Waals surface area (Å²) in [7, 11) is 1.66. The number of hydrogen-bond acceptors (Lipinski definition) is 3. The number of hydrogen-bond donors (Lipinski definition) is 0. The minimum atomic E-state index is -0.501. The normalized spacial score (nSPS) is 17.4. The highest BCUT2D eigenvalue weighted by molar-refractivity contribution is 5.87. The van der Waals surface area contributed by atoms with Gasteiger partial charge in [0.25, 0.3) is 0 Å². The zero-order chi connectivity index (χ0) is 15.1. The van der Waals surface area contributed by atoms with E-state index in [0.29, 0.717) is 13.0 Å². The molecule has 0 spiro atoms. The number of aryl methyl sites for hydroxylation is 1. The molecule has 0 bridgehead atoms. The molecule has 3 heteroatoms. The first-order valence-electron chi connectivity index (χ1n) is 8.00. The molecule has 1 fully saturated rings. The van der Waals surface area contributed by atoms with Crippen LogP contribution in [-0.2, 0) is 16.0 Å². The molecule has 0 amide bonds. The molecule has 1 aliphatic rings. The Morgan fingerprint density at radius 1 is 1.14 bits per heavy atom. The van der Waals surface area contributed by atoms with Gasteiger partial charge >= 0.3 is 0 Å². The van der Waals surface area contributed by atoms with Crippen molar-refractivity contribution >= 4 is 5.78 Å². The molecule has 0 radical (unpaired) electrons. The second kappa shape index (κ2) is 7.60. The van der Waals surface area contributed by atoms with Crippen LogP contribution >= 0.6 is 0 Å². The largest absolute Gasteiger partial charge is 0.497 e. The van der Waals surface area contributed by atoms with Crippen LogP contribution < -0.4 is 4.74 Å². The van der Waals surface area contributed by atoms with E-state index in [0.717, 1.165) is 37.9 Å². The molecule has 0 aliphatic heterocycles. The van der Waals surface area contributed by atoms with E-state index in [9.17, 15) is 4.79 Å². The first-order chi connectivity index (χ1) is 10.2. The van der Waals surface area contributed by atoms with Crippen LogP contribution in [0.5, 0.6) is 5.75 Å². The Morgan fingerprint density at radius 2 is 1.81 bits per heavy atom. The van der Waals surface area contributed by atoms with Gasteiger partial charge in [0.15, 0.2) is 5.78 Å². The molecule has 1 saturated carbocycles. The van der Waals surface area contributed by atoms with E-state index in [1.165, 1.54) is 12.0 Å². The Morgan fingerprint density at radius 3 is 2.38 bits per heavy atom. The third kappa shape index (κ3) is 4.07. The number of methoxy groups -OCH3 is 1. The van der Waals surface area contributed by atoms with Gasteiger partial charge in [0.05, 0.1) is 7.11 Å². The van der Waals surface area contributed by atoms with Crippen LogP contribution in [0, 0.1) is 0 Å².